The van der Waals surface area contributed by atoms with E-state index >= 15 is 0 Å². The van der Waals surface area contributed by atoms with Gasteiger partial charge in [-0.1, -0.05) is 67.9 Å². The summed E-state index contributed by atoms with van der Waals surface area (Å²) in [6, 6.07) is 16.5. The number of anilines is 2. The zero-order valence-corrected chi connectivity index (χ0v) is 28.2. The molecule has 8 heteroatoms. The third kappa shape index (κ3) is 11.9. The van der Waals surface area contributed by atoms with Crippen LogP contribution in [0.5, 0.6) is 0 Å². The van der Waals surface area contributed by atoms with Gasteiger partial charge < -0.3 is 10.6 Å². The zero-order chi connectivity index (χ0) is 32.7. The third-order valence-electron chi connectivity index (χ3n) is 6.14. The second-order valence-electron chi connectivity index (χ2n) is 9.20. The summed E-state index contributed by atoms with van der Waals surface area (Å²) in [4.78, 5) is 11.5. The summed E-state index contributed by atoms with van der Waals surface area (Å²) >= 11 is 10.5. The Morgan fingerprint density at radius 2 is 1.64 bits per heavy atom. The number of nitrogens with two attached hydrogens (primary N) is 1. The fourth-order valence-electron chi connectivity index (χ4n) is 4.37. The highest BCUT2D eigenvalue weighted by molar-refractivity contribution is 6.25. The number of alkyl halides is 1. The van der Waals surface area contributed by atoms with Gasteiger partial charge >= 0.3 is 0 Å². The Balaban J connectivity index is 0.000000868. The van der Waals surface area contributed by atoms with Crippen LogP contribution in [0.4, 0.5) is 11.6 Å². The summed E-state index contributed by atoms with van der Waals surface area (Å²) in [5.41, 5.74) is 13.7. The molecule has 4 aromatic rings. The molecular formula is C36H46Cl2N6. The number of benzene rings is 1. The Morgan fingerprint density at radius 3 is 2.20 bits per heavy atom. The number of nitrogens with zero attached hydrogens (tertiary/aromatic N) is 5. The van der Waals surface area contributed by atoms with Crippen LogP contribution in [0.1, 0.15) is 51.7 Å². The third-order valence-corrected chi connectivity index (χ3v) is 6.31. The standard InChI is InChI=1S/C27H27ClN6.C3H6.C3H4.C2H6.CH3Cl/c28-12-6-9-22-19-34(18-20-7-2-1-3-8-20)32-26(22)24-15-23(17-31-27(24)29)21-10-11-25(30-16-21)33-13-4-5-14-33;2*1-3-2;2*1-2/h1-3,6-8,10-12,15-17,19H,4-5,9,13-14,18H2,(H2,29,31);3H,1H2,2H3;1H,2H3;1-2H3;1H3/b12-6+;;;;. The van der Waals surface area contributed by atoms with Crippen molar-refractivity contribution in [2.75, 3.05) is 30.1 Å². The zero-order valence-electron chi connectivity index (χ0n) is 26.7. The van der Waals surface area contributed by atoms with Crippen LogP contribution in [0.15, 0.2) is 91.4 Å². The average molecular weight is 634 g/mol. The number of terminal acetylenes is 1. The molecule has 0 spiro atoms. The van der Waals surface area contributed by atoms with Gasteiger partial charge in [0.15, 0.2) is 0 Å². The number of rotatable bonds is 7. The molecule has 1 saturated heterocycles. The van der Waals surface area contributed by atoms with Gasteiger partial charge in [0.2, 0.25) is 0 Å². The summed E-state index contributed by atoms with van der Waals surface area (Å²) in [6.07, 6.45) is 18.6. The van der Waals surface area contributed by atoms with Crippen LogP contribution >= 0.6 is 23.2 Å². The lowest BCUT2D eigenvalue weighted by Crippen LogP contribution is -2.18. The molecule has 0 radical (unpaired) electrons. The molecule has 1 aromatic carbocycles. The molecule has 3 aromatic heterocycles. The van der Waals surface area contributed by atoms with Crippen LogP contribution in [0.25, 0.3) is 22.4 Å². The molecule has 0 aliphatic carbocycles. The Hall–Kier alpha value is -4.05. The molecular weight excluding hydrogens is 587 g/mol. The number of allylic oxidation sites excluding steroid dienone is 2. The number of hydrogen-bond acceptors (Lipinski definition) is 5. The molecule has 1 fully saturated rings. The minimum absolute atomic E-state index is 0.450. The fourth-order valence-corrected chi connectivity index (χ4v) is 4.46. The SMILES string of the molecule is C#CC.C=CC.CC.CCl.Nc1ncc(-c2ccc(N3CCCC3)nc2)cc1-c1nn(Cc2ccccc2)cc1C/C=C/Cl. The Kier molecular flexibility index (Phi) is 19.4. The normalized spacial score (nSPS) is 11.4. The Labute approximate surface area is 274 Å². The van der Waals surface area contributed by atoms with Gasteiger partial charge in [0.25, 0.3) is 0 Å². The topological polar surface area (TPSA) is 72.9 Å². The minimum atomic E-state index is 0.450. The molecule has 4 heterocycles. The smallest absolute Gasteiger partial charge is 0.132 e. The van der Waals surface area contributed by atoms with E-state index in [1.54, 1.807) is 19.2 Å². The van der Waals surface area contributed by atoms with E-state index in [1.165, 1.54) is 30.3 Å². The Morgan fingerprint density at radius 1 is 1.02 bits per heavy atom. The van der Waals surface area contributed by atoms with Crippen LogP contribution < -0.4 is 10.6 Å². The molecule has 234 valence electrons. The fraction of sp³-hybridized carbons (Fsp3) is 0.306. The first-order chi connectivity index (χ1) is 21.5. The largest absolute Gasteiger partial charge is 0.383 e. The second-order valence-corrected chi connectivity index (χ2v) is 9.46. The second kappa shape index (κ2) is 22.5. The van der Waals surface area contributed by atoms with Crippen LogP contribution in [0.2, 0.25) is 0 Å². The van der Waals surface area contributed by atoms with Gasteiger partial charge in [-0.2, -0.15) is 5.10 Å². The van der Waals surface area contributed by atoms with E-state index < -0.39 is 0 Å². The van der Waals surface area contributed by atoms with Crippen molar-refractivity contribution < 1.29 is 0 Å². The predicted molar refractivity (Wildman–Crippen MR) is 192 cm³/mol. The monoisotopic (exact) mass is 632 g/mol. The molecule has 0 amide bonds. The lowest BCUT2D eigenvalue weighted by Gasteiger charge is -2.16. The van der Waals surface area contributed by atoms with E-state index in [1.807, 2.05) is 55.9 Å². The summed E-state index contributed by atoms with van der Waals surface area (Å²) < 4.78 is 1.95. The van der Waals surface area contributed by atoms with Gasteiger partial charge in [0, 0.05) is 65.9 Å². The molecule has 6 nitrogen and oxygen atoms in total. The van der Waals surface area contributed by atoms with Gasteiger partial charge in [-0.15, -0.1) is 30.5 Å². The highest BCUT2D eigenvalue weighted by atomic mass is 35.5. The lowest BCUT2D eigenvalue weighted by atomic mass is 10.0. The lowest BCUT2D eigenvalue weighted by molar-refractivity contribution is 0.688. The van der Waals surface area contributed by atoms with Crippen molar-refractivity contribution in [3.05, 3.63) is 103 Å². The van der Waals surface area contributed by atoms with Crippen molar-refractivity contribution in [1.82, 2.24) is 19.7 Å². The van der Waals surface area contributed by atoms with Crippen LogP contribution in [-0.4, -0.2) is 39.2 Å². The van der Waals surface area contributed by atoms with Crippen molar-refractivity contribution in [3.63, 3.8) is 0 Å². The van der Waals surface area contributed by atoms with Crippen LogP contribution in [0.3, 0.4) is 0 Å². The number of nitrogen functional groups attached to an aromatic ring is 1. The molecule has 5 rings (SSSR count). The van der Waals surface area contributed by atoms with Crippen LogP contribution in [0, 0.1) is 12.3 Å². The first kappa shape index (κ1) is 38.0. The van der Waals surface area contributed by atoms with Crippen molar-refractivity contribution >= 4 is 34.8 Å². The highest BCUT2D eigenvalue weighted by Crippen LogP contribution is 2.32. The molecule has 1 aliphatic heterocycles. The maximum absolute atomic E-state index is 6.34. The summed E-state index contributed by atoms with van der Waals surface area (Å²) in [5.74, 6) is 3.73. The quantitative estimate of drug-likeness (QED) is 0.125. The number of halogens is 2. The average Bonchev–Trinajstić information content (AvgIpc) is 3.74. The first-order valence-corrected chi connectivity index (χ1v) is 15.9. The summed E-state index contributed by atoms with van der Waals surface area (Å²) in [7, 11) is 0. The first-order valence-electron chi connectivity index (χ1n) is 14.7. The van der Waals surface area contributed by atoms with Gasteiger partial charge in [-0.25, -0.2) is 9.97 Å². The molecule has 0 bridgehead atoms. The van der Waals surface area contributed by atoms with Crippen molar-refractivity contribution in [2.24, 2.45) is 0 Å². The van der Waals surface area contributed by atoms with E-state index in [9.17, 15) is 0 Å². The van der Waals surface area contributed by atoms with Gasteiger partial charge in [-0.3, -0.25) is 4.68 Å². The summed E-state index contributed by atoms with van der Waals surface area (Å²) in [5, 5.41) is 4.89. The van der Waals surface area contributed by atoms with E-state index in [-0.39, 0.29) is 0 Å². The van der Waals surface area contributed by atoms with Gasteiger partial charge in [0.1, 0.15) is 11.6 Å². The molecule has 0 saturated carbocycles. The molecule has 1 aliphatic rings. The number of aromatic nitrogens is 4. The Bertz CT molecular complexity index is 1420. The predicted octanol–water partition coefficient (Wildman–Crippen LogP) is 9.25. The highest BCUT2D eigenvalue weighted by Gasteiger charge is 2.17. The maximum Gasteiger partial charge on any atom is 0.132 e. The number of pyridine rings is 2. The minimum Gasteiger partial charge on any atom is -0.383 e. The van der Waals surface area contributed by atoms with Gasteiger partial charge in [-0.05, 0) is 56.9 Å². The van der Waals surface area contributed by atoms with Crippen molar-refractivity contribution in [3.8, 4) is 34.7 Å². The van der Waals surface area contributed by atoms with E-state index in [0.29, 0.717) is 18.8 Å². The molecule has 0 atom stereocenters. The molecule has 2 N–H and O–H groups in total. The van der Waals surface area contributed by atoms with Gasteiger partial charge in [0.05, 0.1) is 12.2 Å². The molecule has 0 unspecified atom stereocenters. The van der Waals surface area contributed by atoms with E-state index in [2.05, 4.69) is 76.9 Å². The van der Waals surface area contributed by atoms with E-state index in [0.717, 1.165) is 46.9 Å². The van der Waals surface area contributed by atoms with Crippen molar-refractivity contribution in [2.45, 2.75) is 53.5 Å². The van der Waals surface area contributed by atoms with E-state index in [4.69, 9.17) is 27.4 Å². The summed E-state index contributed by atoms with van der Waals surface area (Å²) in [6.45, 7) is 13.7. The number of hydrogen-bond donors (Lipinski definition) is 1. The van der Waals surface area contributed by atoms with Crippen molar-refractivity contribution in [1.29, 1.82) is 0 Å². The van der Waals surface area contributed by atoms with Crippen LogP contribution in [-0.2, 0) is 13.0 Å². The molecule has 44 heavy (non-hydrogen) atoms. The maximum atomic E-state index is 6.34.